The molecule has 2 aromatic carbocycles. The van der Waals surface area contributed by atoms with Gasteiger partial charge in [0.15, 0.2) is 0 Å². The quantitative estimate of drug-likeness (QED) is 0.335. The molecule has 30 heavy (non-hydrogen) atoms. The molecule has 0 saturated carbocycles. The van der Waals surface area contributed by atoms with Crippen molar-refractivity contribution in [3.8, 4) is 5.75 Å². The topological polar surface area (TPSA) is 80.0 Å². The third-order valence-corrected chi connectivity index (χ3v) is 5.47. The van der Waals surface area contributed by atoms with Crippen molar-refractivity contribution >= 4 is 33.4 Å². The summed E-state index contributed by atoms with van der Waals surface area (Å²) in [6.45, 7) is 0.105. The van der Waals surface area contributed by atoms with Crippen molar-refractivity contribution in [2.45, 2.75) is 12.6 Å². The van der Waals surface area contributed by atoms with Crippen LogP contribution in [0.25, 0.3) is 5.76 Å². The van der Waals surface area contributed by atoms with E-state index in [-0.39, 0.29) is 17.9 Å². The van der Waals surface area contributed by atoms with Crippen LogP contribution in [0.15, 0.2) is 81.4 Å². The summed E-state index contributed by atoms with van der Waals surface area (Å²) >= 11 is 3.44. The van der Waals surface area contributed by atoms with Gasteiger partial charge in [0.05, 0.1) is 31.5 Å². The largest absolute Gasteiger partial charge is 0.507 e. The Morgan fingerprint density at radius 3 is 2.53 bits per heavy atom. The first-order valence-electron chi connectivity index (χ1n) is 9.20. The summed E-state index contributed by atoms with van der Waals surface area (Å²) in [4.78, 5) is 27.3. The van der Waals surface area contributed by atoms with Crippen molar-refractivity contribution < 1.29 is 23.8 Å². The molecule has 2 heterocycles. The number of methoxy groups -OCH3 is 1. The fraction of sp³-hybridized carbons (Fsp3) is 0.130. The standard InChI is InChI=1S/C23H18BrNO5/c1-29-17-9-7-14(8-10-17)21(26)19-20(15-4-2-5-16(24)12-15)25(23(28)22(19)27)13-18-6-3-11-30-18/h2-12,20,26H,13H2,1H3/t20-/m1/s1. The monoisotopic (exact) mass is 467 g/mol. The van der Waals surface area contributed by atoms with Crippen LogP contribution in [0.1, 0.15) is 22.9 Å². The number of Topliss-reactive ketones (excluding diaryl/α,β-unsaturated/α-hetero) is 1. The third-order valence-electron chi connectivity index (χ3n) is 4.97. The number of aliphatic hydroxyl groups excluding tert-OH is 1. The summed E-state index contributed by atoms with van der Waals surface area (Å²) in [5.41, 5.74) is 1.16. The fourth-order valence-electron chi connectivity index (χ4n) is 3.54. The van der Waals surface area contributed by atoms with E-state index in [9.17, 15) is 14.7 Å². The lowest BCUT2D eigenvalue weighted by Gasteiger charge is -2.24. The molecule has 1 saturated heterocycles. The number of hydrogen-bond acceptors (Lipinski definition) is 5. The molecule has 0 spiro atoms. The van der Waals surface area contributed by atoms with Crippen molar-refractivity contribution in [2.75, 3.05) is 7.11 Å². The zero-order chi connectivity index (χ0) is 21.3. The number of rotatable bonds is 5. The second kappa shape index (κ2) is 8.20. The number of ether oxygens (including phenoxy) is 1. The van der Waals surface area contributed by atoms with Crippen molar-refractivity contribution in [2.24, 2.45) is 0 Å². The van der Waals surface area contributed by atoms with E-state index in [0.717, 1.165) is 4.47 Å². The predicted molar refractivity (Wildman–Crippen MR) is 114 cm³/mol. The zero-order valence-electron chi connectivity index (χ0n) is 16.0. The van der Waals surface area contributed by atoms with Gasteiger partial charge in [0.25, 0.3) is 11.7 Å². The third kappa shape index (κ3) is 3.64. The molecule has 3 aromatic rings. The zero-order valence-corrected chi connectivity index (χ0v) is 17.6. The molecule has 1 amide bonds. The molecular weight excluding hydrogens is 450 g/mol. The molecule has 7 heteroatoms. The highest BCUT2D eigenvalue weighted by molar-refractivity contribution is 9.10. The molecule has 0 aliphatic carbocycles. The number of aliphatic hydroxyl groups is 1. The van der Waals surface area contributed by atoms with Gasteiger partial charge >= 0.3 is 0 Å². The van der Waals surface area contributed by atoms with Gasteiger partial charge in [0, 0.05) is 10.0 Å². The van der Waals surface area contributed by atoms with E-state index in [4.69, 9.17) is 9.15 Å². The molecule has 1 aliphatic heterocycles. The number of likely N-dealkylation sites (tertiary alicyclic amines) is 1. The first-order chi connectivity index (χ1) is 14.5. The normalized spacial score (nSPS) is 18.1. The molecule has 1 N–H and O–H groups in total. The molecule has 4 rings (SSSR count). The van der Waals surface area contributed by atoms with Crippen molar-refractivity contribution in [1.82, 2.24) is 4.90 Å². The van der Waals surface area contributed by atoms with Crippen LogP contribution in [0.5, 0.6) is 5.75 Å². The van der Waals surface area contributed by atoms with Gasteiger partial charge in [-0.25, -0.2) is 0 Å². The number of furan rings is 1. The molecule has 1 aliphatic rings. The molecule has 1 fully saturated rings. The Hall–Kier alpha value is -3.32. The highest BCUT2D eigenvalue weighted by atomic mass is 79.9. The van der Waals surface area contributed by atoms with Crippen molar-refractivity contribution in [1.29, 1.82) is 0 Å². The van der Waals surface area contributed by atoms with Gasteiger partial charge in [-0.2, -0.15) is 0 Å². The highest BCUT2D eigenvalue weighted by Crippen LogP contribution is 2.41. The minimum atomic E-state index is -0.755. The summed E-state index contributed by atoms with van der Waals surface area (Å²) in [6.07, 6.45) is 1.51. The Kier molecular flexibility index (Phi) is 5.46. The Bertz CT molecular complexity index is 1120. The van der Waals surface area contributed by atoms with E-state index in [1.54, 1.807) is 43.5 Å². The summed E-state index contributed by atoms with van der Waals surface area (Å²) in [5, 5.41) is 11.0. The van der Waals surface area contributed by atoms with Gasteiger partial charge in [-0.05, 0) is 54.1 Å². The Morgan fingerprint density at radius 1 is 1.13 bits per heavy atom. The number of amides is 1. The van der Waals surface area contributed by atoms with E-state index in [2.05, 4.69) is 15.9 Å². The number of benzene rings is 2. The van der Waals surface area contributed by atoms with Crippen LogP contribution in [0, 0.1) is 0 Å². The lowest BCUT2D eigenvalue weighted by atomic mass is 9.95. The maximum absolute atomic E-state index is 13.0. The minimum absolute atomic E-state index is 0.0369. The van der Waals surface area contributed by atoms with Gasteiger partial charge in [-0.1, -0.05) is 28.1 Å². The number of halogens is 1. The number of nitrogens with zero attached hydrogens (tertiary/aromatic N) is 1. The van der Waals surface area contributed by atoms with Crippen LogP contribution in [-0.4, -0.2) is 28.8 Å². The van der Waals surface area contributed by atoms with Crippen LogP contribution in [0.2, 0.25) is 0 Å². The van der Waals surface area contributed by atoms with Gasteiger partial charge in [0.2, 0.25) is 0 Å². The molecule has 1 atom stereocenters. The fourth-order valence-corrected chi connectivity index (χ4v) is 3.96. The lowest BCUT2D eigenvalue weighted by molar-refractivity contribution is -0.140. The molecular formula is C23H18BrNO5. The van der Waals surface area contributed by atoms with E-state index in [0.29, 0.717) is 22.6 Å². The summed E-state index contributed by atoms with van der Waals surface area (Å²) in [6, 6.07) is 16.7. The average Bonchev–Trinajstić information content (AvgIpc) is 3.36. The minimum Gasteiger partial charge on any atom is -0.507 e. The summed E-state index contributed by atoms with van der Waals surface area (Å²) in [5.74, 6) is -0.496. The Morgan fingerprint density at radius 2 is 1.90 bits per heavy atom. The molecule has 6 nitrogen and oxygen atoms in total. The van der Waals surface area contributed by atoms with E-state index < -0.39 is 17.7 Å². The highest BCUT2D eigenvalue weighted by Gasteiger charge is 2.46. The van der Waals surface area contributed by atoms with Crippen LogP contribution in [0.3, 0.4) is 0 Å². The Balaban J connectivity index is 1.85. The second-order valence-electron chi connectivity index (χ2n) is 6.79. The smallest absolute Gasteiger partial charge is 0.296 e. The van der Waals surface area contributed by atoms with Crippen LogP contribution in [0.4, 0.5) is 0 Å². The van der Waals surface area contributed by atoms with Crippen molar-refractivity contribution in [3.05, 3.63) is 93.9 Å². The first-order valence-corrected chi connectivity index (χ1v) is 9.99. The molecule has 152 valence electrons. The van der Waals surface area contributed by atoms with Gasteiger partial charge in [-0.3, -0.25) is 9.59 Å². The molecule has 1 aromatic heterocycles. The van der Waals surface area contributed by atoms with Crippen molar-refractivity contribution in [3.63, 3.8) is 0 Å². The van der Waals surface area contributed by atoms with E-state index in [1.165, 1.54) is 11.2 Å². The van der Waals surface area contributed by atoms with Gasteiger partial charge in [0.1, 0.15) is 17.3 Å². The summed E-state index contributed by atoms with van der Waals surface area (Å²) in [7, 11) is 1.54. The number of carbonyl (C=O) groups excluding carboxylic acids is 2. The van der Waals surface area contributed by atoms with Gasteiger partial charge in [-0.15, -0.1) is 0 Å². The van der Waals surface area contributed by atoms with Crippen LogP contribution in [-0.2, 0) is 16.1 Å². The van der Waals surface area contributed by atoms with E-state index in [1.807, 2.05) is 24.3 Å². The number of carbonyl (C=O) groups is 2. The SMILES string of the molecule is COc1ccc(C(O)=C2C(=O)C(=O)N(Cc3ccco3)[C@@H]2c2cccc(Br)c2)cc1. The van der Waals surface area contributed by atoms with Crippen LogP contribution >= 0.6 is 15.9 Å². The predicted octanol–water partition coefficient (Wildman–Crippen LogP) is 4.67. The van der Waals surface area contributed by atoms with Crippen LogP contribution < -0.4 is 4.74 Å². The molecule has 0 bridgehead atoms. The maximum Gasteiger partial charge on any atom is 0.296 e. The van der Waals surface area contributed by atoms with E-state index >= 15 is 0 Å². The maximum atomic E-state index is 13.0. The van der Waals surface area contributed by atoms with Gasteiger partial charge < -0.3 is 19.2 Å². The molecule has 0 radical (unpaired) electrons. The first kappa shape index (κ1) is 20.0. The lowest BCUT2D eigenvalue weighted by Crippen LogP contribution is -2.29. The Labute approximate surface area is 181 Å². The molecule has 0 unspecified atom stereocenters. The second-order valence-corrected chi connectivity index (χ2v) is 7.71. The summed E-state index contributed by atoms with van der Waals surface area (Å²) < 4.78 is 11.3. The number of ketones is 1. The average molecular weight is 468 g/mol. The number of hydrogen-bond donors (Lipinski definition) is 1.